The van der Waals surface area contributed by atoms with E-state index >= 15 is 0 Å². The molecule has 1 rings (SSSR count). The smallest absolute Gasteiger partial charge is 0.413 e. The molecule has 0 unspecified atom stereocenters. The van der Waals surface area contributed by atoms with Crippen molar-refractivity contribution in [3.05, 3.63) is 0 Å². The van der Waals surface area contributed by atoms with E-state index in [1.807, 2.05) is 20.8 Å². The maximum absolute atomic E-state index is 12.5. The molecule has 0 spiro atoms. The summed E-state index contributed by atoms with van der Waals surface area (Å²) in [5.41, 5.74) is -1.43. The highest BCUT2D eigenvalue weighted by Gasteiger charge is 2.48. The highest BCUT2D eigenvalue weighted by Crippen LogP contribution is 2.30. The molecular formula is C20H35NO4. The number of hydrogen-bond donors (Lipinski definition) is 1. The first-order chi connectivity index (χ1) is 11.6. The highest BCUT2D eigenvalue weighted by molar-refractivity contribution is 5.70. The van der Waals surface area contributed by atoms with E-state index in [0.29, 0.717) is 0 Å². The topological polar surface area (TPSA) is 59.0 Å². The number of unbranched alkanes of at least 4 members (excludes halogenated alkanes) is 5. The third-order valence-corrected chi connectivity index (χ3v) is 4.13. The molecule has 1 fully saturated rings. The molecule has 0 aromatic heterocycles. The molecule has 0 bridgehead atoms. The maximum atomic E-state index is 12.5. The predicted molar refractivity (Wildman–Crippen MR) is 99.1 cm³/mol. The van der Waals surface area contributed by atoms with Crippen molar-refractivity contribution in [3.63, 3.8) is 0 Å². The normalized spacial score (nSPS) is 20.8. The molecule has 1 amide bonds. The van der Waals surface area contributed by atoms with Crippen molar-refractivity contribution in [3.8, 4) is 11.8 Å². The van der Waals surface area contributed by atoms with Crippen LogP contribution < -0.4 is 0 Å². The Morgan fingerprint density at radius 2 is 1.96 bits per heavy atom. The van der Waals surface area contributed by atoms with Gasteiger partial charge in [-0.15, -0.1) is 5.92 Å². The van der Waals surface area contributed by atoms with Crippen LogP contribution in [0.2, 0.25) is 0 Å². The second-order valence-electron chi connectivity index (χ2n) is 8.11. The molecule has 0 saturated carbocycles. The summed E-state index contributed by atoms with van der Waals surface area (Å²) in [7, 11) is 0. The number of ether oxygens (including phenoxy) is 2. The van der Waals surface area contributed by atoms with Gasteiger partial charge in [0.25, 0.3) is 0 Å². The van der Waals surface area contributed by atoms with Gasteiger partial charge in [-0.25, -0.2) is 4.79 Å². The molecule has 144 valence electrons. The summed E-state index contributed by atoms with van der Waals surface area (Å²) in [5, 5.41) is 10.4. The van der Waals surface area contributed by atoms with Gasteiger partial charge >= 0.3 is 6.09 Å². The lowest BCUT2D eigenvalue weighted by Crippen LogP contribution is -2.53. The predicted octanol–water partition coefficient (Wildman–Crippen LogP) is 4.08. The van der Waals surface area contributed by atoms with Crippen molar-refractivity contribution >= 4 is 6.09 Å². The molecule has 1 aliphatic rings. The second-order valence-corrected chi connectivity index (χ2v) is 8.11. The lowest BCUT2D eigenvalue weighted by molar-refractivity contribution is -0.0658. The quantitative estimate of drug-likeness (QED) is 0.577. The first-order valence-corrected chi connectivity index (χ1v) is 9.41. The van der Waals surface area contributed by atoms with Gasteiger partial charge in [-0.3, -0.25) is 4.90 Å². The Morgan fingerprint density at radius 1 is 1.32 bits per heavy atom. The molecule has 1 heterocycles. The number of amides is 1. The zero-order chi connectivity index (χ0) is 19.1. The fourth-order valence-corrected chi connectivity index (χ4v) is 2.82. The molecule has 1 aliphatic heterocycles. The van der Waals surface area contributed by atoms with Crippen LogP contribution in [0.5, 0.6) is 0 Å². The third kappa shape index (κ3) is 7.25. The molecule has 0 aromatic carbocycles. The van der Waals surface area contributed by atoms with Crippen molar-refractivity contribution < 1.29 is 19.4 Å². The molecular weight excluding hydrogens is 318 g/mol. The SMILES string of the molecule is CCCCCCCC#C[C@H](O)[C@@H]1COC(C)(C)N1C(=O)OC(C)(C)C. The van der Waals surface area contributed by atoms with E-state index in [2.05, 4.69) is 18.8 Å². The molecule has 0 aliphatic carbocycles. The van der Waals surface area contributed by atoms with Crippen molar-refractivity contribution in [2.24, 2.45) is 0 Å². The van der Waals surface area contributed by atoms with Gasteiger partial charge in [-0.2, -0.15) is 0 Å². The van der Waals surface area contributed by atoms with E-state index in [4.69, 9.17) is 9.47 Å². The summed E-state index contributed by atoms with van der Waals surface area (Å²) in [5.74, 6) is 5.92. The Hall–Kier alpha value is -1.25. The number of rotatable bonds is 6. The Morgan fingerprint density at radius 3 is 2.56 bits per heavy atom. The fraction of sp³-hybridized carbons (Fsp3) is 0.850. The minimum absolute atomic E-state index is 0.249. The molecule has 5 heteroatoms. The second kappa shape index (κ2) is 9.45. The average molecular weight is 354 g/mol. The van der Waals surface area contributed by atoms with E-state index < -0.39 is 29.6 Å². The Balaban J connectivity index is 2.64. The van der Waals surface area contributed by atoms with Crippen LogP contribution in [0.25, 0.3) is 0 Å². The summed E-state index contributed by atoms with van der Waals surface area (Å²) in [6, 6.07) is -0.516. The van der Waals surface area contributed by atoms with Gasteiger partial charge in [-0.05, 0) is 41.0 Å². The largest absolute Gasteiger partial charge is 0.444 e. The van der Waals surface area contributed by atoms with E-state index in [1.54, 1.807) is 13.8 Å². The summed E-state index contributed by atoms with van der Waals surface area (Å²) < 4.78 is 11.2. The lowest BCUT2D eigenvalue weighted by atomic mass is 10.1. The van der Waals surface area contributed by atoms with E-state index in [9.17, 15) is 9.90 Å². The Labute approximate surface area is 153 Å². The lowest BCUT2D eigenvalue weighted by Gasteiger charge is -2.35. The summed E-state index contributed by atoms with van der Waals surface area (Å²) in [6.07, 6.45) is 5.27. The van der Waals surface area contributed by atoms with Gasteiger partial charge in [-0.1, -0.05) is 38.5 Å². The van der Waals surface area contributed by atoms with Gasteiger partial charge in [0.1, 0.15) is 17.4 Å². The minimum atomic E-state index is -0.940. The summed E-state index contributed by atoms with van der Waals surface area (Å²) >= 11 is 0. The number of nitrogens with zero attached hydrogens (tertiary/aromatic N) is 1. The standard InChI is InChI=1S/C20H35NO4/c1-7-8-9-10-11-12-13-14-17(22)16-15-24-20(5,6)21(16)18(23)25-19(2,3)4/h16-17,22H,7-12,15H2,1-6H3/t16-,17-/m0/s1. The van der Waals surface area contributed by atoms with Gasteiger partial charge in [0.2, 0.25) is 0 Å². The van der Waals surface area contributed by atoms with Crippen LogP contribution in [0, 0.1) is 11.8 Å². The van der Waals surface area contributed by atoms with E-state index in [0.717, 1.165) is 12.8 Å². The Kier molecular flexibility index (Phi) is 8.24. The minimum Gasteiger partial charge on any atom is -0.444 e. The van der Waals surface area contributed by atoms with Crippen molar-refractivity contribution in [1.82, 2.24) is 4.90 Å². The molecule has 2 atom stereocenters. The first kappa shape index (κ1) is 21.8. The van der Waals surface area contributed by atoms with Gasteiger partial charge < -0.3 is 14.6 Å². The van der Waals surface area contributed by atoms with Crippen LogP contribution in [0.1, 0.15) is 80.1 Å². The number of carbonyl (C=O) groups excluding carboxylic acids is 1. The molecule has 1 saturated heterocycles. The van der Waals surface area contributed by atoms with Gasteiger partial charge in [0.15, 0.2) is 0 Å². The van der Waals surface area contributed by atoms with Gasteiger partial charge in [0, 0.05) is 6.42 Å². The molecule has 1 N–H and O–H groups in total. The van der Waals surface area contributed by atoms with Crippen LogP contribution >= 0.6 is 0 Å². The van der Waals surface area contributed by atoms with Crippen LogP contribution in [0.3, 0.4) is 0 Å². The number of hydrogen-bond acceptors (Lipinski definition) is 4. The van der Waals surface area contributed by atoms with Crippen LogP contribution in [-0.2, 0) is 9.47 Å². The Bertz CT molecular complexity index is 484. The van der Waals surface area contributed by atoms with Crippen LogP contribution in [-0.4, -0.2) is 46.2 Å². The fourth-order valence-electron chi connectivity index (χ4n) is 2.82. The molecule has 0 radical (unpaired) electrons. The highest BCUT2D eigenvalue weighted by atomic mass is 16.6. The number of aliphatic hydroxyl groups is 1. The summed E-state index contributed by atoms with van der Waals surface area (Å²) in [4.78, 5) is 14.0. The van der Waals surface area contributed by atoms with Crippen LogP contribution in [0.4, 0.5) is 4.79 Å². The summed E-state index contributed by atoms with van der Waals surface area (Å²) in [6.45, 7) is 11.5. The number of aliphatic hydroxyl groups excluding tert-OH is 1. The zero-order valence-corrected chi connectivity index (χ0v) is 16.7. The monoisotopic (exact) mass is 353 g/mol. The third-order valence-electron chi connectivity index (χ3n) is 4.13. The van der Waals surface area contributed by atoms with Crippen molar-refractivity contribution in [2.45, 2.75) is 104 Å². The average Bonchev–Trinajstić information content (AvgIpc) is 2.80. The van der Waals surface area contributed by atoms with E-state index in [-0.39, 0.29) is 6.61 Å². The van der Waals surface area contributed by atoms with Crippen LogP contribution in [0.15, 0.2) is 0 Å². The number of carbonyl (C=O) groups is 1. The van der Waals surface area contributed by atoms with Crippen molar-refractivity contribution in [2.75, 3.05) is 6.61 Å². The molecule has 0 aromatic rings. The van der Waals surface area contributed by atoms with Crippen molar-refractivity contribution in [1.29, 1.82) is 0 Å². The zero-order valence-electron chi connectivity index (χ0n) is 16.7. The first-order valence-electron chi connectivity index (χ1n) is 9.41. The maximum Gasteiger partial charge on any atom is 0.413 e. The molecule has 25 heavy (non-hydrogen) atoms. The van der Waals surface area contributed by atoms with E-state index in [1.165, 1.54) is 30.6 Å². The van der Waals surface area contributed by atoms with Gasteiger partial charge in [0.05, 0.1) is 12.6 Å². The molecule has 5 nitrogen and oxygen atoms in total.